The van der Waals surface area contributed by atoms with Gasteiger partial charge in [0.25, 0.3) is 5.91 Å². The van der Waals surface area contributed by atoms with E-state index < -0.39 is 10.0 Å². The summed E-state index contributed by atoms with van der Waals surface area (Å²) in [7, 11) is -0.604. The Labute approximate surface area is 180 Å². The predicted octanol–water partition coefficient (Wildman–Crippen LogP) is 1.71. The van der Waals surface area contributed by atoms with E-state index in [1.807, 2.05) is 4.90 Å². The van der Waals surface area contributed by atoms with E-state index in [4.69, 9.17) is 6.42 Å². The number of terminal acetylenes is 1. The van der Waals surface area contributed by atoms with E-state index in [-0.39, 0.29) is 10.8 Å². The first-order valence-corrected chi connectivity index (χ1v) is 12.0. The van der Waals surface area contributed by atoms with Crippen LogP contribution in [0.5, 0.6) is 0 Å². The Bertz CT molecular complexity index is 893. The third-order valence-electron chi connectivity index (χ3n) is 5.91. The van der Waals surface area contributed by atoms with Gasteiger partial charge in [0.1, 0.15) is 0 Å². The molecule has 0 aromatic heterocycles. The number of anilines is 1. The molecule has 0 bridgehead atoms. The highest BCUT2D eigenvalue weighted by Gasteiger charge is 2.28. The van der Waals surface area contributed by atoms with Crippen molar-refractivity contribution in [1.82, 2.24) is 14.1 Å². The summed E-state index contributed by atoms with van der Waals surface area (Å²) in [5.74, 6) is 2.56. The van der Waals surface area contributed by atoms with E-state index in [2.05, 4.69) is 15.7 Å². The van der Waals surface area contributed by atoms with Gasteiger partial charge in [0.15, 0.2) is 0 Å². The van der Waals surface area contributed by atoms with E-state index in [9.17, 15) is 13.2 Å². The second-order valence-electron chi connectivity index (χ2n) is 8.10. The smallest absolute Gasteiger partial charge is 0.256 e. The Kier molecular flexibility index (Phi) is 7.40. The molecule has 0 unspecified atom stereocenters. The minimum absolute atomic E-state index is 0.0945. The molecule has 1 amide bonds. The maximum atomic E-state index is 13.5. The Hall–Kier alpha value is -2.08. The maximum absolute atomic E-state index is 13.5. The fourth-order valence-corrected chi connectivity index (χ4v) is 4.96. The zero-order chi connectivity index (χ0) is 21.7. The summed E-state index contributed by atoms with van der Waals surface area (Å²) < 4.78 is 26.5. The number of rotatable bonds is 6. The van der Waals surface area contributed by atoms with Gasteiger partial charge in [0, 0.05) is 72.0 Å². The molecule has 0 spiro atoms. The molecule has 2 heterocycles. The molecule has 3 rings (SSSR count). The van der Waals surface area contributed by atoms with Gasteiger partial charge in [0.05, 0.1) is 10.5 Å². The van der Waals surface area contributed by atoms with Gasteiger partial charge >= 0.3 is 0 Å². The van der Waals surface area contributed by atoms with E-state index in [1.165, 1.54) is 24.8 Å². The summed E-state index contributed by atoms with van der Waals surface area (Å²) in [5, 5.41) is 0. The molecule has 30 heavy (non-hydrogen) atoms. The molecule has 0 aliphatic carbocycles. The molecule has 2 saturated heterocycles. The van der Waals surface area contributed by atoms with Crippen molar-refractivity contribution in [1.29, 1.82) is 0 Å². The van der Waals surface area contributed by atoms with Crippen LogP contribution in [0.25, 0.3) is 0 Å². The van der Waals surface area contributed by atoms with Crippen LogP contribution in [-0.2, 0) is 10.0 Å². The average molecular weight is 433 g/mol. The molecule has 1 aromatic carbocycles. The van der Waals surface area contributed by atoms with Gasteiger partial charge in [-0.3, -0.25) is 9.69 Å². The van der Waals surface area contributed by atoms with Crippen molar-refractivity contribution in [2.45, 2.75) is 30.6 Å². The van der Waals surface area contributed by atoms with Crippen molar-refractivity contribution in [3.05, 3.63) is 23.8 Å². The summed E-state index contributed by atoms with van der Waals surface area (Å²) in [6.45, 7) is 5.42. The van der Waals surface area contributed by atoms with Gasteiger partial charge in [-0.15, -0.1) is 12.3 Å². The Morgan fingerprint density at radius 2 is 1.73 bits per heavy atom. The van der Waals surface area contributed by atoms with Crippen LogP contribution < -0.4 is 4.90 Å². The largest absolute Gasteiger partial charge is 0.371 e. The normalized spacial score (nSPS) is 18.5. The fraction of sp³-hybridized carbons (Fsp3) is 0.591. The molecular formula is C22H32N4O3S. The van der Waals surface area contributed by atoms with Crippen LogP contribution in [0.15, 0.2) is 23.1 Å². The fourth-order valence-electron chi connectivity index (χ4n) is 4.04. The third-order valence-corrected chi connectivity index (χ3v) is 7.72. The van der Waals surface area contributed by atoms with Crippen LogP contribution in [-0.4, -0.2) is 88.3 Å². The van der Waals surface area contributed by atoms with E-state index in [1.54, 1.807) is 18.2 Å². The van der Waals surface area contributed by atoms with Crippen molar-refractivity contribution in [2.75, 3.05) is 64.8 Å². The van der Waals surface area contributed by atoms with Crippen LogP contribution >= 0.6 is 0 Å². The number of sulfonamides is 1. The van der Waals surface area contributed by atoms with Gasteiger partial charge in [0.2, 0.25) is 10.0 Å². The van der Waals surface area contributed by atoms with E-state index in [0.717, 1.165) is 51.3 Å². The minimum Gasteiger partial charge on any atom is -0.371 e. The van der Waals surface area contributed by atoms with Gasteiger partial charge < -0.3 is 9.80 Å². The van der Waals surface area contributed by atoms with Crippen molar-refractivity contribution in [3.63, 3.8) is 0 Å². The minimum atomic E-state index is -3.61. The number of carbonyl (C=O) groups excluding carboxylic acids is 1. The first-order chi connectivity index (χ1) is 14.3. The number of hydrogen-bond acceptors (Lipinski definition) is 5. The second kappa shape index (κ2) is 9.82. The number of hydrogen-bond donors (Lipinski definition) is 0. The first-order valence-electron chi connectivity index (χ1n) is 10.6. The Morgan fingerprint density at radius 3 is 2.33 bits per heavy atom. The third kappa shape index (κ3) is 4.97. The number of benzene rings is 1. The molecule has 164 valence electrons. The van der Waals surface area contributed by atoms with Gasteiger partial charge in [-0.2, -0.15) is 0 Å². The topological polar surface area (TPSA) is 64.2 Å². The predicted molar refractivity (Wildman–Crippen MR) is 119 cm³/mol. The van der Waals surface area contributed by atoms with Crippen molar-refractivity contribution < 1.29 is 13.2 Å². The average Bonchev–Trinajstić information content (AvgIpc) is 2.77. The van der Waals surface area contributed by atoms with E-state index >= 15 is 0 Å². The van der Waals surface area contributed by atoms with Crippen LogP contribution in [0.4, 0.5) is 5.69 Å². The SMILES string of the molecule is C#CCCN1CCN(C(=O)c2cc(S(=O)(=O)N(C)C)ccc2N2CCCCC2)CC1. The molecule has 8 heteroatoms. The van der Waals surface area contributed by atoms with Gasteiger partial charge in [-0.05, 0) is 37.5 Å². The van der Waals surface area contributed by atoms with Crippen molar-refractivity contribution in [2.24, 2.45) is 0 Å². The number of piperazine rings is 1. The highest BCUT2D eigenvalue weighted by atomic mass is 32.2. The Balaban J connectivity index is 1.88. The molecule has 2 aliphatic rings. The lowest BCUT2D eigenvalue weighted by Crippen LogP contribution is -2.49. The monoisotopic (exact) mass is 432 g/mol. The lowest BCUT2D eigenvalue weighted by atomic mass is 10.1. The molecule has 2 aliphatic heterocycles. The summed E-state index contributed by atoms with van der Waals surface area (Å²) in [6.07, 6.45) is 9.41. The summed E-state index contributed by atoms with van der Waals surface area (Å²) >= 11 is 0. The first kappa shape index (κ1) is 22.6. The Morgan fingerprint density at radius 1 is 1.07 bits per heavy atom. The van der Waals surface area contributed by atoms with E-state index in [0.29, 0.717) is 25.1 Å². The highest BCUT2D eigenvalue weighted by Crippen LogP contribution is 2.29. The highest BCUT2D eigenvalue weighted by molar-refractivity contribution is 7.89. The van der Waals surface area contributed by atoms with Crippen molar-refractivity contribution >= 4 is 21.6 Å². The molecule has 7 nitrogen and oxygen atoms in total. The molecule has 0 radical (unpaired) electrons. The standard InChI is InChI=1S/C22H32N4O3S/c1-4-5-11-24-14-16-26(17-15-24)22(27)20-18-19(30(28,29)23(2)3)9-10-21(20)25-12-7-6-8-13-25/h1,9-10,18H,5-8,11-17H2,2-3H3. The van der Waals surface area contributed by atoms with Crippen LogP contribution in [0.3, 0.4) is 0 Å². The van der Waals surface area contributed by atoms with Crippen LogP contribution in [0.2, 0.25) is 0 Å². The number of amides is 1. The molecule has 0 N–H and O–H groups in total. The lowest BCUT2D eigenvalue weighted by molar-refractivity contribution is 0.0640. The van der Waals surface area contributed by atoms with Crippen LogP contribution in [0.1, 0.15) is 36.0 Å². The number of carbonyl (C=O) groups is 1. The lowest BCUT2D eigenvalue weighted by Gasteiger charge is -2.36. The van der Waals surface area contributed by atoms with Gasteiger partial charge in [-0.1, -0.05) is 0 Å². The molecule has 0 saturated carbocycles. The van der Waals surface area contributed by atoms with Crippen LogP contribution in [0, 0.1) is 12.3 Å². The number of nitrogens with zero attached hydrogens (tertiary/aromatic N) is 4. The van der Waals surface area contributed by atoms with Crippen molar-refractivity contribution in [3.8, 4) is 12.3 Å². The summed E-state index contributed by atoms with van der Waals surface area (Å²) in [6, 6.07) is 4.98. The van der Waals surface area contributed by atoms with Gasteiger partial charge in [-0.25, -0.2) is 12.7 Å². The molecule has 1 aromatic rings. The molecule has 2 fully saturated rings. The second-order valence-corrected chi connectivity index (χ2v) is 10.3. The summed E-state index contributed by atoms with van der Waals surface area (Å²) in [5.41, 5.74) is 1.32. The zero-order valence-electron chi connectivity index (χ0n) is 18.0. The quantitative estimate of drug-likeness (QED) is 0.641. The molecular weight excluding hydrogens is 400 g/mol. The maximum Gasteiger partial charge on any atom is 0.256 e. The number of piperidine rings is 1. The zero-order valence-corrected chi connectivity index (χ0v) is 18.8. The summed E-state index contributed by atoms with van der Waals surface area (Å²) in [4.78, 5) is 19.9. The molecule has 0 atom stereocenters.